The number of hydrogen-bond acceptors (Lipinski definition) is 2. The first kappa shape index (κ1) is 13.4. The second kappa shape index (κ2) is 8.10. The van der Waals surface area contributed by atoms with E-state index in [-0.39, 0.29) is 0 Å². The van der Waals surface area contributed by atoms with E-state index in [0.29, 0.717) is 0 Å². The van der Waals surface area contributed by atoms with Gasteiger partial charge in [-0.25, -0.2) is 0 Å². The third-order valence-electron chi connectivity index (χ3n) is 4.48. The molecule has 2 N–H and O–H groups in total. The van der Waals surface area contributed by atoms with Crippen molar-refractivity contribution in [3.05, 3.63) is 0 Å². The van der Waals surface area contributed by atoms with Crippen molar-refractivity contribution in [3.63, 3.8) is 0 Å². The van der Waals surface area contributed by atoms with Crippen molar-refractivity contribution in [1.82, 2.24) is 10.6 Å². The summed E-state index contributed by atoms with van der Waals surface area (Å²) >= 11 is 0. The molecule has 0 bridgehead atoms. The van der Waals surface area contributed by atoms with Crippen LogP contribution in [0.3, 0.4) is 0 Å². The van der Waals surface area contributed by atoms with Crippen LogP contribution in [0.1, 0.15) is 64.2 Å². The Bertz CT molecular complexity index is 179. The summed E-state index contributed by atoms with van der Waals surface area (Å²) in [5.74, 6) is 0.958. The zero-order chi connectivity index (χ0) is 11.8. The highest BCUT2D eigenvalue weighted by molar-refractivity contribution is 4.72. The van der Waals surface area contributed by atoms with Crippen molar-refractivity contribution in [3.8, 4) is 0 Å². The van der Waals surface area contributed by atoms with Gasteiger partial charge in [0.25, 0.3) is 0 Å². The summed E-state index contributed by atoms with van der Waals surface area (Å²) in [6.45, 7) is 3.77. The topological polar surface area (TPSA) is 24.1 Å². The maximum atomic E-state index is 3.78. The molecule has 1 aliphatic carbocycles. The van der Waals surface area contributed by atoms with Gasteiger partial charge in [-0.3, -0.25) is 0 Å². The lowest BCUT2D eigenvalue weighted by atomic mass is 9.94. The third-order valence-corrected chi connectivity index (χ3v) is 4.48. The molecule has 2 aliphatic rings. The Hall–Kier alpha value is -0.0800. The van der Waals surface area contributed by atoms with E-state index < -0.39 is 0 Å². The van der Waals surface area contributed by atoms with E-state index in [2.05, 4.69) is 10.6 Å². The van der Waals surface area contributed by atoms with Crippen LogP contribution in [-0.4, -0.2) is 25.7 Å². The van der Waals surface area contributed by atoms with Gasteiger partial charge in [-0.15, -0.1) is 0 Å². The molecule has 0 aromatic heterocycles. The third kappa shape index (κ3) is 5.39. The van der Waals surface area contributed by atoms with Crippen molar-refractivity contribution in [2.75, 3.05) is 19.6 Å². The SMILES string of the molecule is C1CCCC(NCCCC2CCCNC2)CC1. The van der Waals surface area contributed by atoms with Gasteiger partial charge >= 0.3 is 0 Å². The van der Waals surface area contributed by atoms with E-state index in [9.17, 15) is 0 Å². The van der Waals surface area contributed by atoms with Crippen molar-refractivity contribution >= 4 is 0 Å². The lowest BCUT2D eigenvalue weighted by molar-refractivity contribution is 0.342. The van der Waals surface area contributed by atoms with Gasteiger partial charge < -0.3 is 10.6 Å². The number of rotatable bonds is 5. The largest absolute Gasteiger partial charge is 0.316 e. The highest BCUT2D eigenvalue weighted by Crippen LogP contribution is 2.18. The van der Waals surface area contributed by atoms with Crippen LogP contribution in [0.25, 0.3) is 0 Å². The molecule has 0 radical (unpaired) electrons. The van der Waals surface area contributed by atoms with Crippen molar-refractivity contribution in [2.24, 2.45) is 5.92 Å². The summed E-state index contributed by atoms with van der Waals surface area (Å²) in [7, 11) is 0. The Kier molecular flexibility index (Phi) is 6.36. The molecule has 0 amide bonds. The number of nitrogens with one attached hydrogen (secondary N) is 2. The van der Waals surface area contributed by atoms with Gasteiger partial charge in [-0.1, -0.05) is 25.7 Å². The van der Waals surface area contributed by atoms with Gasteiger partial charge in [0.2, 0.25) is 0 Å². The van der Waals surface area contributed by atoms with E-state index in [1.165, 1.54) is 83.8 Å². The first-order valence-electron chi connectivity index (χ1n) is 7.89. The second-order valence-electron chi connectivity index (χ2n) is 6.00. The Morgan fingerprint density at radius 2 is 1.76 bits per heavy atom. The molecule has 1 saturated heterocycles. The minimum absolute atomic E-state index is 0.835. The maximum absolute atomic E-state index is 3.78. The molecule has 2 heteroatoms. The molecule has 0 aromatic rings. The summed E-state index contributed by atoms with van der Waals surface area (Å²) in [6.07, 6.45) is 14.3. The summed E-state index contributed by atoms with van der Waals surface area (Å²) < 4.78 is 0. The van der Waals surface area contributed by atoms with Gasteiger partial charge in [0, 0.05) is 6.04 Å². The van der Waals surface area contributed by atoms with E-state index in [1.807, 2.05) is 0 Å². The second-order valence-corrected chi connectivity index (χ2v) is 6.00. The predicted molar refractivity (Wildman–Crippen MR) is 74.3 cm³/mol. The Morgan fingerprint density at radius 1 is 0.941 bits per heavy atom. The van der Waals surface area contributed by atoms with Crippen LogP contribution < -0.4 is 10.6 Å². The van der Waals surface area contributed by atoms with Gasteiger partial charge in [-0.2, -0.15) is 0 Å². The van der Waals surface area contributed by atoms with Crippen molar-refractivity contribution in [1.29, 1.82) is 0 Å². The highest BCUT2D eigenvalue weighted by Gasteiger charge is 2.13. The van der Waals surface area contributed by atoms with Gasteiger partial charge in [0.15, 0.2) is 0 Å². The smallest absolute Gasteiger partial charge is 0.00670 e. The Balaban J connectivity index is 1.49. The summed E-state index contributed by atoms with van der Waals surface area (Å²) in [4.78, 5) is 0. The minimum atomic E-state index is 0.835. The molecule has 0 spiro atoms. The van der Waals surface area contributed by atoms with E-state index in [4.69, 9.17) is 0 Å². The lowest BCUT2D eigenvalue weighted by Gasteiger charge is -2.23. The Morgan fingerprint density at radius 3 is 2.47 bits per heavy atom. The molecule has 2 nitrogen and oxygen atoms in total. The van der Waals surface area contributed by atoms with E-state index >= 15 is 0 Å². The summed E-state index contributed by atoms with van der Waals surface area (Å²) in [6, 6.07) is 0.835. The molecule has 2 rings (SSSR count). The van der Waals surface area contributed by atoms with Crippen LogP contribution in [0.15, 0.2) is 0 Å². The first-order chi connectivity index (χ1) is 8.45. The molecule has 1 unspecified atom stereocenters. The molecule has 1 saturated carbocycles. The standard InChI is InChI=1S/C15H30N2/c1-2-4-10-15(9-3-1)17-12-6-8-14-7-5-11-16-13-14/h14-17H,1-13H2. The minimum Gasteiger partial charge on any atom is -0.316 e. The van der Waals surface area contributed by atoms with Crippen molar-refractivity contribution in [2.45, 2.75) is 70.3 Å². The monoisotopic (exact) mass is 238 g/mol. The van der Waals surface area contributed by atoms with E-state index in [1.54, 1.807) is 0 Å². The van der Waals surface area contributed by atoms with Crippen molar-refractivity contribution < 1.29 is 0 Å². The summed E-state index contributed by atoms with van der Waals surface area (Å²) in [5, 5.41) is 7.29. The maximum Gasteiger partial charge on any atom is 0.00670 e. The molecule has 2 fully saturated rings. The molecule has 0 aromatic carbocycles. The fourth-order valence-corrected chi connectivity index (χ4v) is 3.35. The number of hydrogen-bond donors (Lipinski definition) is 2. The molecule has 1 heterocycles. The number of piperidine rings is 1. The first-order valence-corrected chi connectivity index (χ1v) is 7.89. The Labute approximate surface area is 107 Å². The fraction of sp³-hybridized carbons (Fsp3) is 1.00. The molecular weight excluding hydrogens is 208 g/mol. The zero-order valence-electron chi connectivity index (χ0n) is 11.3. The van der Waals surface area contributed by atoms with Gasteiger partial charge in [0.05, 0.1) is 0 Å². The van der Waals surface area contributed by atoms with Crippen LogP contribution in [0.5, 0.6) is 0 Å². The van der Waals surface area contributed by atoms with Gasteiger partial charge in [0.1, 0.15) is 0 Å². The predicted octanol–water partition coefficient (Wildman–Crippen LogP) is 3.08. The fourth-order valence-electron chi connectivity index (χ4n) is 3.35. The van der Waals surface area contributed by atoms with Crippen LogP contribution in [0, 0.1) is 5.92 Å². The van der Waals surface area contributed by atoms with Gasteiger partial charge in [-0.05, 0) is 64.1 Å². The molecule has 1 aliphatic heterocycles. The molecule has 100 valence electrons. The normalized spacial score (nSPS) is 27.9. The average Bonchev–Trinajstić information content (AvgIpc) is 2.65. The zero-order valence-corrected chi connectivity index (χ0v) is 11.3. The highest BCUT2D eigenvalue weighted by atomic mass is 14.9. The average molecular weight is 238 g/mol. The van der Waals surface area contributed by atoms with Crippen LogP contribution in [0.2, 0.25) is 0 Å². The summed E-state index contributed by atoms with van der Waals surface area (Å²) in [5.41, 5.74) is 0. The van der Waals surface area contributed by atoms with Crippen LogP contribution >= 0.6 is 0 Å². The van der Waals surface area contributed by atoms with E-state index in [0.717, 1.165) is 12.0 Å². The lowest BCUT2D eigenvalue weighted by Crippen LogP contribution is -2.32. The molecular formula is C15H30N2. The molecule has 17 heavy (non-hydrogen) atoms. The van der Waals surface area contributed by atoms with Crippen LogP contribution in [0.4, 0.5) is 0 Å². The molecule has 1 atom stereocenters. The quantitative estimate of drug-likeness (QED) is 0.568. The van der Waals surface area contributed by atoms with Crippen LogP contribution in [-0.2, 0) is 0 Å².